The Bertz CT molecular complexity index is 602. The van der Waals surface area contributed by atoms with Crippen LogP contribution in [-0.4, -0.2) is 45.8 Å². The summed E-state index contributed by atoms with van der Waals surface area (Å²) in [7, 11) is 0. The van der Waals surface area contributed by atoms with Gasteiger partial charge in [0.25, 0.3) is 11.6 Å². The molecule has 0 aromatic heterocycles. The molecule has 1 rings (SSSR count). The van der Waals surface area contributed by atoms with Crippen molar-refractivity contribution >= 4 is 35.1 Å². The smallest absolute Gasteiger partial charge is 0.323 e. The van der Waals surface area contributed by atoms with Crippen molar-refractivity contribution in [3.05, 3.63) is 38.9 Å². The van der Waals surface area contributed by atoms with Gasteiger partial charge in [0.1, 0.15) is 13.1 Å². The van der Waals surface area contributed by atoms with Gasteiger partial charge in [-0.15, -0.1) is 0 Å². The van der Waals surface area contributed by atoms with Crippen molar-refractivity contribution in [2.75, 3.05) is 13.1 Å². The van der Waals surface area contributed by atoms with Crippen LogP contribution in [0.2, 0.25) is 5.02 Å². The fourth-order valence-electron chi connectivity index (χ4n) is 1.54. The number of aliphatic carboxylic acids is 1. The molecule has 0 heterocycles. The number of carboxylic acid groups (broad SMARTS) is 1. The minimum atomic E-state index is -1.36. The topological polar surface area (TPSA) is 144 Å². The van der Waals surface area contributed by atoms with E-state index < -0.39 is 41.5 Å². The number of nitrogens with zero attached hydrogens (tertiary/aromatic N) is 2. The second-order valence-electron chi connectivity index (χ2n) is 3.98. The van der Waals surface area contributed by atoms with Crippen LogP contribution in [-0.2, 0) is 9.59 Å². The van der Waals surface area contributed by atoms with Crippen LogP contribution in [0.5, 0.6) is 0 Å². The van der Waals surface area contributed by atoms with Crippen molar-refractivity contribution in [1.82, 2.24) is 4.90 Å². The average Bonchev–Trinajstić information content (AvgIpc) is 2.35. The number of carboxylic acids is 1. The molecule has 0 spiro atoms. The molecule has 0 atom stereocenters. The van der Waals surface area contributed by atoms with E-state index in [2.05, 4.69) is 0 Å². The number of carbonyl (C=O) groups is 3. The van der Waals surface area contributed by atoms with E-state index in [1.165, 1.54) is 0 Å². The molecule has 2 amide bonds. The summed E-state index contributed by atoms with van der Waals surface area (Å²) >= 11 is 5.67. The van der Waals surface area contributed by atoms with Gasteiger partial charge in [0.05, 0.1) is 4.92 Å². The Morgan fingerprint density at radius 3 is 2.38 bits per heavy atom. The van der Waals surface area contributed by atoms with Crippen molar-refractivity contribution < 1.29 is 24.4 Å². The number of primary amides is 1. The highest BCUT2D eigenvalue weighted by atomic mass is 35.5. The molecule has 0 aliphatic rings. The number of benzene rings is 1. The first kappa shape index (κ1) is 16.4. The molecule has 10 heteroatoms. The van der Waals surface area contributed by atoms with Gasteiger partial charge >= 0.3 is 5.97 Å². The third-order valence-electron chi connectivity index (χ3n) is 2.30. The number of amides is 2. The van der Waals surface area contributed by atoms with Gasteiger partial charge in [0.2, 0.25) is 5.91 Å². The summed E-state index contributed by atoms with van der Waals surface area (Å²) in [5.41, 5.74) is 4.29. The Balaban J connectivity index is 3.16. The number of non-ortho nitro benzene ring substituents is 1. The maximum atomic E-state index is 12.1. The number of nitrogens with two attached hydrogens (primary N) is 1. The Labute approximate surface area is 123 Å². The van der Waals surface area contributed by atoms with Crippen molar-refractivity contribution in [2.24, 2.45) is 5.73 Å². The molecular weight excluding hydrogens is 306 g/mol. The lowest BCUT2D eigenvalue weighted by Crippen LogP contribution is -2.41. The second kappa shape index (κ2) is 6.66. The number of hydrogen-bond acceptors (Lipinski definition) is 5. The quantitative estimate of drug-likeness (QED) is 0.569. The second-order valence-corrected chi connectivity index (χ2v) is 4.41. The van der Waals surface area contributed by atoms with Crippen molar-refractivity contribution in [1.29, 1.82) is 0 Å². The highest BCUT2D eigenvalue weighted by Crippen LogP contribution is 2.21. The summed E-state index contributed by atoms with van der Waals surface area (Å²) in [6, 6.07) is 3.10. The first-order chi connectivity index (χ1) is 9.70. The first-order valence-electron chi connectivity index (χ1n) is 5.45. The minimum absolute atomic E-state index is 0.0677. The Hall–Kier alpha value is -2.68. The van der Waals surface area contributed by atoms with E-state index in [1.807, 2.05) is 0 Å². The molecule has 0 bridgehead atoms. The predicted octanol–water partition coefficient (Wildman–Crippen LogP) is 0.260. The van der Waals surface area contributed by atoms with Gasteiger partial charge in [0.15, 0.2) is 0 Å². The molecule has 0 fully saturated rings. The van der Waals surface area contributed by atoms with Crippen molar-refractivity contribution in [2.45, 2.75) is 0 Å². The lowest BCUT2D eigenvalue weighted by Gasteiger charge is -2.18. The molecule has 21 heavy (non-hydrogen) atoms. The molecule has 112 valence electrons. The third-order valence-corrected chi connectivity index (χ3v) is 2.52. The van der Waals surface area contributed by atoms with Gasteiger partial charge in [-0.05, 0) is 6.07 Å². The minimum Gasteiger partial charge on any atom is -0.480 e. The third kappa shape index (κ3) is 4.73. The molecule has 0 unspecified atom stereocenters. The summed E-state index contributed by atoms with van der Waals surface area (Å²) in [5.74, 6) is -3.18. The van der Waals surface area contributed by atoms with Crippen molar-refractivity contribution in [3.63, 3.8) is 0 Å². The zero-order valence-electron chi connectivity index (χ0n) is 10.5. The van der Waals surface area contributed by atoms with E-state index in [0.717, 1.165) is 18.2 Å². The molecule has 0 aliphatic heterocycles. The normalized spacial score (nSPS) is 9.95. The Kier molecular flexibility index (Phi) is 5.19. The van der Waals surface area contributed by atoms with Gasteiger partial charge in [-0.1, -0.05) is 11.6 Å². The Morgan fingerprint density at radius 2 is 1.90 bits per heavy atom. The molecule has 0 saturated heterocycles. The van der Waals surface area contributed by atoms with Crippen LogP contribution in [0.3, 0.4) is 0 Å². The fourth-order valence-corrected chi connectivity index (χ4v) is 1.77. The van der Waals surface area contributed by atoms with Gasteiger partial charge in [-0.3, -0.25) is 24.5 Å². The molecule has 0 saturated carbocycles. The van der Waals surface area contributed by atoms with Gasteiger partial charge in [-0.25, -0.2) is 0 Å². The number of nitro groups is 1. The Morgan fingerprint density at radius 1 is 1.29 bits per heavy atom. The zero-order valence-corrected chi connectivity index (χ0v) is 11.2. The van der Waals surface area contributed by atoms with E-state index >= 15 is 0 Å². The number of carbonyl (C=O) groups excluding carboxylic acids is 2. The van der Waals surface area contributed by atoms with E-state index in [4.69, 9.17) is 22.4 Å². The molecule has 1 aromatic rings. The van der Waals surface area contributed by atoms with E-state index in [-0.39, 0.29) is 10.6 Å². The SMILES string of the molecule is NC(=O)CN(CC(=O)O)C(=O)c1cc(Cl)cc([N+](=O)[O-])c1. The van der Waals surface area contributed by atoms with Crippen LogP contribution in [0.1, 0.15) is 10.4 Å². The van der Waals surface area contributed by atoms with Crippen LogP contribution in [0.25, 0.3) is 0 Å². The maximum absolute atomic E-state index is 12.1. The predicted molar refractivity (Wildman–Crippen MR) is 70.8 cm³/mol. The van der Waals surface area contributed by atoms with Gasteiger partial charge in [-0.2, -0.15) is 0 Å². The van der Waals surface area contributed by atoms with E-state index in [9.17, 15) is 24.5 Å². The summed E-state index contributed by atoms with van der Waals surface area (Å²) < 4.78 is 0. The van der Waals surface area contributed by atoms with E-state index in [0.29, 0.717) is 4.90 Å². The standard InChI is InChI=1S/C11H10ClN3O6/c12-7-1-6(2-8(3-7)15(20)21)11(19)14(4-9(13)16)5-10(17)18/h1-3H,4-5H2,(H2,13,16)(H,17,18). The van der Waals surface area contributed by atoms with Gasteiger partial charge in [0, 0.05) is 22.7 Å². The molecule has 1 aromatic carbocycles. The summed E-state index contributed by atoms with van der Waals surface area (Å²) in [6.45, 7) is -1.41. The lowest BCUT2D eigenvalue weighted by atomic mass is 10.1. The van der Waals surface area contributed by atoms with Crippen LogP contribution in [0.15, 0.2) is 18.2 Å². The average molecular weight is 316 g/mol. The number of hydrogen-bond donors (Lipinski definition) is 2. The lowest BCUT2D eigenvalue weighted by molar-refractivity contribution is -0.384. The number of nitro benzene ring substituents is 1. The summed E-state index contributed by atoms with van der Waals surface area (Å²) in [5, 5.41) is 19.3. The van der Waals surface area contributed by atoms with Gasteiger partial charge < -0.3 is 15.7 Å². The number of halogens is 1. The van der Waals surface area contributed by atoms with Crippen LogP contribution >= 0.6 is 11.6 Å². The fraction of sp³-hybridized carbons (Fsp3) is 0.182. The maximum Gasteiger partial charge on any atom is 0.323 e. The largest absolute Gasteiger partial charge is 0.480 e. The molecule has 0 radical (unpaired) electrons. The van der Waals surface area contributed by atoms with Crippen LogP contribution < -0.4 is 5.73 Å². The summed E-state index contributed by atoms with van der Waals surface area (Å²) in [4.78, 5) is 44.3. The zero-order chi connectivity index (χ0) is 16.2. The molecular formula is C11H10ClN3O6. The van der Waals surface area contributed by atoms with Crippen LogP contribution in [0, 0.1) is 10.1 Å². The van der Waals surface area contributed by atoms with Crippen molar-refractivity contribution in [3.8, 4) is 0 Å². The summed E-state index contributed by atoms with van der Waals surface area (Å²) in [6.07, 6.45) is 0. The number of rotatable bonds is 6. The molecule has 3 N–H and O–H groups in total. The molecule has 0 aliphatic carbocycles. The molecule has 9 nitrogen and oxygen atoms in total. The van der Waals surface area contributed by atoms with E-state index in [1.54, 1.807) is 0 Å². The highest BCUT2D eigenvalue weighted by Gasteiger charge is 2.22. The highest BCUT2D eigenvalue weighted by molar-refractivity contribution is 6.31. The monoisotopic (exact) mass is 315 g/mol. The van der Waals surface area contributed by atoms with Crippen LogP contribution in [0.4, 0.5) is 5.69 Å². The first-order valence-corrected chi connectivity index (χ1v) is 5.83.